The Hall–Kier alpha value is -4.15. The first kappa shape index (κ1) is 33.7. The van der Waals surface area contributed by atoms with Gasteiger partial charge in [0, 0.05) is 12.1 Å². The molecule has 0 spiro atoms. The highest BCUT2D eigenvalue weighted by Gasteiger charge is 2.32. The molecule has 0 amide bonds. The van der Waals surface area contributed by atoms with Crippen molar-refractivity contribution in [1.29, 1.82) is 0 Å². The zero-order valence-corrected chi connectivity index (χ0v) is 28.6. The van der Waals surface area contributed by atoms with E-state index in [0.29, 0.717) is 24.3 Å². The maximum Gasteiger partial charge on any atom is 0.323 e. The van der Waals surface area contributed by atoms with E-state index in [0.717, 1.165) is 71.0 Å². The van der Waals surface area contributed by atoms with Gasteiger partial charge in [-0.1, -0.05) is 60.5 Å². The number of allylic oxidation sites excluding steroid dienone is 1. The van der Waals surface area contributed by atoms with Crippen LogP contribution in [0.5, 0.6) is 17.2 Å². The molecular formula is C39H43NO7S. The second kappa shape index (κ2) is 15.4. The van der Waals surface area contributed by atoms with Gasteiger partial charge in [-0.3, -0.25) is 4.90 Å². The number of aryl methyl sites for hydroxylation is 2. The van der Waals surface area contributed by atoms with Crippen LogP contribution < -0.4 is 14.2 Å². The minimum atomic E-state index is -4.25. The Kier molecular flexibility index (Phi) is 10.8. The Morgan fingerprint density at radius 2 is 1.50 bits per heavy atom. The number of piperidine rings is 1. The van der Waals surface area contributed by atoms with E-state index in [9.17, 15) is 8.42 Å². The summed E-state index contributed by atoms with van der Waals surface area (Å²) in [6, 6.07) is 27.9. The number of para-hydroxylation sites is 1. The number of methoxy groups -OCH3 is 2. The van der Waals surface area contributed by atoms with Crippen LogP contribution in [0.15, 0.2) is 95.9 Å². The minimum absolute atomic E-state index is 0.0111. The maximum absolute atomic E-state index is 13.4. The summed E-state index contributed by atoms with van der Waals surface area (Å²) in [5.74, 6) is 2.19. The predicted octanol–water partition coefficient (Wildman–Crippen LogP) is 7.81. The third-order valence-electron chi connectivity index (χ3n) is 9.11. The van der Waals surface area contributed by atoms with Gasteiger partial charge in [-0.05, 0) is 116 Å². The monoisotopic (exact) mass is 669 g/mol. The summed E-state index contributed by atoms with van der Waals surface area (Å²) in [5.41, 5.74) is 6.32. The molecule has 6 rings (SSSR count). The van der Waals surface area contributed by atoms with Crippen molar-refractivity contribution in [3.05, 3.63) is 119 Å². The summed E-state index contributed by atoms with van der Waals surface area (Å²) in [4.78, 5) is 8.54. The number of likely N-dealkylation sites (tertiary alicyclic amines) is 1. The SMILES string of the molecule is COc1ccc2c(c1)CCC(c1ccccc1OC)=C2C(OOS(=O)(=O)c1ccc(C)cc1)c1ccc(OCCN2CCCCC2)cc1. The van der Waals surface area contributed by atoms with Gasteiger partial charge in [0.2, 0.25) is 0 Å². The quantitative estimate of drug-likeness (QED) is 0.105. The first-order valence-electron chi connectivity index (χ1n) is 16.5. The van der Waals surface area contributed by atoms with Crippen LogP contribution in [-0.4, -0.2) is 53.8 Å². The zero-order valence-electron chi connectivity index (χ0n) is 27.8. The van der Waals surface area contributed by atoms with E-state index < -0.39 is 16.2 Å². The molecule has 4 aromatic rings. The van der Waals surface area contributed by atoms with E-state index in [1.165, 1.54) is 31.4 Å². The average Bonchev–Trinajstić information content (AvgIpc) is 3.12. The number of rotatable bonds is 13. The molecule has 4 aromatic carbocycles. The Bertz CT molecular complexity index is 1830. The Balaban J connectivity index is 1.40. The van der Waals surface area contributed by atoms with Gasteiger partial charge in [0.25, 0.3) is 0 Å². The van der Waals surface area contributed by atoms with E-state index in [4.69, 9.17) is 23.4 Å². The molecule has 252 valence electrons. The van der Waals surface area contributed by atoms with Gasteiger partial charge in [-0.15, -0.1) is 4.33 Å². The lowest BCUT2D eigenvalue weighted by Gasteiger charge is -2.30. The van der Waals surface area contributed by atoms with Crippen molar-refractivity contribution in [2.75, 3.05) is 40.5 Å². The fourth-order valence-electron chi connectivity index (χ4n) is 6.52. The van der Waals surface area contributed by atoms with Crippen LogP contribution in [0.3, 0.4) is 0 Å². The smallest absolute Gasteiger partial charge is 0.323 e. The van der Waals surface area contributed by atoms with Gasteiger partial charge in [0.1, 0.15) is 30.0 Å². The van der Waals surface area contributed by atoms with Crippen LogP contribution in [0, 0.1) is 6.92 Å². The molecule has 1 saturated heterocycles. The number of benzene rings is 4. The molecule has 1 heterocycles. The van der Waals surface area contributed by atoms with Gasteiger partial charge in [-0.25, -0.2) is 4.89 Å². The highest BCUT2D eigenvalue weighted by molar-refractivity contribution is 7.86. The lowest BCUT2D eigenvalue weighted by molar-refractivity contribution is -0.226. The van der Waals surface area contributed by atoms with E-state index in [1.807, 2.05) is 73.7 Å². The highest BCUT2D eigenvalue weighted by atomic mass is 32.2. The average molecular weight is 670 g/mol. The van der Waals surface area contributed by atoms with Crippen molar-refractivity contribution in [3.63, 3.8) is 0 Å². The molecular weight excluding hydrogens is 626 g/mol. The molecule has 1 unspecified atom stereocenters. The number of hydrogen-bond acceptors (Lipinski definition) is 8. The number of hydrogen-bond donors (Lipinski definition) is 0. The third-order valence-corrected chi connectivity index (χ3v) is 10.2. The normalized spacial score (nSPS) is 15.9. The topological polar surface area (TPSA) is 83.5 Å². The molecule has 1 aliphatic heterocycles. The predicted molar refractivity (Wildman–Crippen MR) is 187 cm³/mol. The lowest BCUT2D eigenvalue weighted by Crippen LogP contribution is -2.33. The Morgan fingerprint density at radius 3 is 2.23 bits per heavy atom. The van der Waals surface area contributed by atoms with Crippen LogP contribution in [0.2, 0.25) is 0 Å². The van der Waals surface area contributed by atoms with Crippen LogP contribution in [-0.2, 0) is 25.8 Å². The lowest BCUT2D eigenvalue weighted by atomic mass is 9.78. The van der Waals surface area contributed by atoms with Crippen LogP contribution in [0.25, 0.3) is 11.1 Å². The molecule has 2 aliphatic rings. The Labute approximate surface area is 283 Å². The van der Waals surface area contributed by atoms with Crippen molar-refractivity contribution >= 4 is 21.3 Å². The summed E-state index contributed by atoms with van der Waals surface area (Å²) >= 11 is 0. The zero-order chi connectivity index (χ0) is 33.5. The second-order valence-corrected chi connectivity index (χ2v) is 13.8. The first-order valence-corrected chi connectivity index (χ1v) is 17.9. The van der Waals surface area contributed by atoms with E-state index >= 15 is 0 Å². The number of ether oxygens (including phenoxy) is 3. The number of fused-ring (bicyclic) bond motifs is 1. The molecule has 0 N–H and O–H groups in total. The standard InChI is InChI=1S/C39H43NO7S/c1-28-11-19-33(20-12-28)48(41,42)47-46-39(29-13-16-31(17-14-29)45-26-25-40-23-7-4-8-24-40)38-34-22-18-32(43-2)27-30(34)15-21-36(38)35-9-5-6-10-37(35)44-3/h5-6,9-14,16-20,22,27,39H,4,7-8,15,21,23-26H2,1-3H3. The van der Waals surface area contributed by atoms with Crippen LogP contribution in [0.1, 0.15) is 59.6 Å². The summed E-state index contributed by atoms with van der Waals surface area (Å²) < 4.78 is 49.7. The summed E-state index contributed by atoms with van der Waals surface area (Å²) in [5, 5.41) is 0. The fraction of sp³-hybridized carbons (Fsp3) is 0.333. The highest BCUT2D eigenvalue weighted by Crippen LogP contribution is 2.48. The minimum Gasteiger partial charge on any atom is -0.497 e. The van der Waals surface area contributed by atoms with Crippen molar-refractivity contribution < 1.29 is 31.8 Å². The van der Waals surface area contributed by atoms with E-state index in [2.05, 4.69) is 4.90 Å². The van der Waals surface area contributed by atoms with Gasteiger partial charge in [0.15, 0.2) is 0 Å². The largest absolute Gasteiger partial charge is 0.497 e. The first-order chi connectivity index (χ1) is 23.4. The van der Waals surface area contributed by atoms with Gasteiger partial charge in [0.05, 0.1) is 19.1 Å². The third kappa shape index (κ3) is 7.76. The molecule has 9 heteroatoms. The van der Waals surface area contributed by atoms with Crippen molar-refractivity contribution in [2.24, 2.45) is 0 Å². The van der Waals surface area contributed by atoms with Crippen LogP contribution >= 0.6 is 0 Å². The molecule has 8 nitrogen and oxygen atoms in total. The van der Waals surface area contributed by atoms with Gasteiger partial charge >= 0.3 is 10.1 Å². The number of nitrogens with zero attached hydrogens (tertiary/aromatic N) is 1. The fourth-order valence-corrected chi connectivity index (χ4v) is 7.25. The molecule has 1 aliphatic carbocycles. The molecule has 48 heavy (non-hydrogen) atoms. The molecule has 0 aromatic heterocycles. The summed E-state index contributed by atoms with van der Waals surface area (Å²) in [7, 11) is -0.957. The van der Waals surface area contributed by atoms with Crippen LogP contribution in [0.4, 0.5) is 0 Å². The van der Waals surface area contributed by atoms with E-state index in [-0.39, 0.29) is 4.90 Å². The molecule has 1 fully saturated rings. The van der Waals surface area contributed by atoms with Crippen molar-refractivity contribution in [1.82, 2.24) is 4.90 Å². The molecule has 1 atom stereocenters. The van der Waals surface area contributed by atoms with Crippen molar-refractivity contribution in [3.8, 4) is 17.2 Å². The van der Waals surface area contributed by atoms with Gasteiger partial charge < -0.3 is 14.2 Å². The molecule has 0 saturated carbocycles. The summed E-state index contributed by atoms with van der Waals surface area (Å²) in [6.07, 6.45) is 4.27. The molecule has 0 bridgehead atoms. The Morgan fingerprint density at radius 1 is 0.771 bits per heavy atom. The molecule has 0 radical (unpaired) electrons. The van der Waals surface area contributed by atoms with Gasteiger partial charge in [-0.2, -0.15) is 8.42 Å². The summed E-state index contributed by atoms with van der Waals surface area (Å²) in [6.45, 7) is 5.60. The van der Waals surface area contributed by atoms with Crippen molar-refractivity contribution in [2.45, 2.75) is 50.0 Å². The van der Waals surface area contributed by atoms with E-state index in [1.54, 1.807) is 26.4 Å². The second-order valence-electron chi connectivity index (χ2n) is 12.2. The maximum atomic E-state index is 13.4.